The van der Waals surface area contributed by atoms with Crippen LogP contribution in [0.15, 0.2) is 63.1 Å². The lowest BCUT2D eigenvalue weighted by atomic mass is 10.1. The van der Waals surface area contributed by atoms with Crippen LogP contribution in [0.5, 0.6) is 5.75 Å². The monoisotopic (exact) mass is 524 g/mol. The van der Waals surface area contributed by atoms with Crippen molar-refractivity contribution in [3.05, 3.63) is 85.5 Å². The third-order valence-electron chi connectivity index (χ3n) is 5.29. The van der Waals surface area contributed by atoms with Crippen LogP contribution in [0.3, 0.4) is 0 Å². The maximum Gasteiger partial charge on any atom is 0.573 e. The Kier molecular flexibility index (Phi) is 8.59. The molecule has 1 N–H and O–H groups in total. The molecule has 36 heavy (non-hydrogen) atoms. The summed E-state index contributed by atoms with van der Waals surface area (Å²) in [7, 11) is 1.43. The lowest BCUT2D eigenvalue weighted by Gasteiger charge is -2.27. The Balaban J connectivity index is 2.15. The molecule has 2 aromatic carbocycles. The number of aliphatic hydroxyl groups excluding tert-OH is 1. The van der Waals surface area contributed by atoms with Crippen LogP contribution >= 0.6 is 11.6 Å². The number of halogens is 4. The van der Waals surface area contributed by atoms with E-state index < -0.39 is 23.4 Å². The van der Waals surface area contributed by atoms with E-state index in [-0.39, 0.29) is 44.2 Å². The molecule has 192 valence electrons. The lowest BCUT2D eigenvalue weighted by Crippen LogP contribution is -2.42. The molecule has 1 heterocycles. The molecule has 0 amide bonds. The number of aliphatic imine (C=N–C) groups is 1. The van der Waals surface area contributed by atoms with Crippen LogP contribution in [-0.4, -0.2) is 33.9 Å². The SMILES string of the molecule is C=Nc1c(N(Cc2ccc(Cl)cc2)Cc2cccc(OC(F)(F)F)c2)c(=O)n(CCCO)c(=O)n1C. The molecule has 3 rings (SSSR count). The maximum absolute atomic E-state index is 13.5. The van der Waals surface area contributed by atoms with Crippen molar-refractivity contribution in [2.24, 2.45) is 12.0 Å². The highest BCUT2D eigenvalue weighted by Gasteiger charge is 2.31. The van der Waals surface area contributed by atoms with Gasteiger partial charge in [-0.05, 0) is 48.5 Å². The van der Waals surface area contributed by atoms with Gasteiger partial charge in [0.25, 0.3) is 5.56 Å². The Morgan fingerprint density at radius 2 is 1.78 bits per heavy atom. The number of ether oxygens (including phenoxy) is 1. The first-order chi connectivity index (χ1) is 17.0. The zero-order valence-electron chi connectivity index (χ0n) is 19.3. The van der Waals surface area contributed by atoms with Crippen LogP contribution in [0.1, 0.15) is 17.5 Å². The van der Waals surface area contributed by atoms with Crippen molar-refractivity contribution in [1.29, 1.82) is 0 Å². The third-order valence-corrected chi connectivity index (χ3v) is 5.55. The molecular formula is C24H24ClF3N4O4. The number of nitrogens with zero attached hydrogens (tertiary/aromatic N) is 4. The second-order valence-electron chi connectivity index (χ2n) is 7.88. The zero-order valence-corrected chi connectivity index (χ0v) is 20.1. The molecule has 3 aromatic rings. The summed E-state index contributed by atoms with van der Waals surface area (Å²) in [5.41, 5.74) is -0.109. The molecule has 0 fully saturated rings. The molecule has 0 aliphatic rings. The predicted octanol–water partition coefficient (Wildman–Crippen LogP) is 4.02. The number of aromatic nitrogens is 2. The molecule has 1 aromatic heterocycles. The van der Waals surface area contributed by atoms with E-state index in [1.165, 1.54) is 29.8 Å². The van der Waals surface area contributed by atoms with Crippen molar-refractivity contribution < 1.29 is 23.0 Å². The first-order valence-corrected chi connectivity index (χ1v) is 11.2. The highest BCUT2D eigenvalue weighted by atomic mass is 35.5. The molecule has 0 atom stereocenters. The average Bonchev–Trinajstić information content (AvgIpc) is 2.81. The minimum absolute atomic E-state index is 0.00177. The third kappa shape index (κ3) is 6.55. The molecule has 0 spiro atoms. The number of benzene rings is 2. The first-order valence-electron chi connectivity index (χ1n) is 10.8. The van der Waals surface area contributed by atoms with Gasteiger partial charge in [-0.25, -0.2) is 9.79 Å². The Hall–Kier alpha value is -3.57. The van der Waals surface area contributed by atoms with Gasteiger partial charge in [-0.3, -0.25) is 13.9 Å². The molecule has 0 saturated heterocycles. The van der Waals surface area contributed by atoms with Gasteiger partial charge in [0.1, 0.15) is 11.4 Å². The van der Waals surface area contributed by atoms with E-state index in [4.69, 9.17) is 11.6 Å². The van der Waals surface area contributed by atoms with Gasteiger partial charge in [-0.1, -0.05) is 35.9 Å². The lowest BCUT2D eigenvalue weighted by molar-refractivity contribution is -0.274. The summed E-state index contributed by atoms with van der Waals surface area (Å²) >= 11 is 5.99. The van der Waals surface area contributed by atoms with Crippen LogP contribution < -0.4 is 20.9 Å². The van der Waals surface area contributed by atoms with Crippen molar-refractivity contribution in [2.75, 3.05) is 11.5 Å². The Morgan fingerprint density at radius 3 is 2.39 bits per heavy atom. The summed E-state index contributed by atoms with van der Waals surface area (Å²) in [6.07, 6.45) is -4.69. The average molecular weight is 525 g/mol. The molecule has 0 aliphatic carbocycles. The quantitative estimate of drug-likeness (QED) is 0.405. The van der Waals surface area contributed by atoms with Gasteiger partial charge in [0.2, 0.25) is 0 Å². The van der Waals surface area contributed by atoms with E-state index in [9.17, 15) is 27.9 Å². The number of hydrogen-bond acceptors (Lipinski definition) is 6. The van der Waals surface area contributed by atoms with E-state index in [0.717, 1.165) is 10.1 Å². The molecule has 12 heteroatoms. The van der Waals surface area contributed by atoms with Gasteiger partial charge in [-0.2, -0.15) is 0 Å². The molecular weight excluding hydrogens is 501 g/mol. The van der Waals surface area contributed by atoms with Crippen LogP contribution in [0.2, 0.25) is 5.02 Å². The summed E-state index contributed by atoms with van der Waals surface area (Å²) in [5, 5.41) is 9.71. The Morgan fingerprint density at radius 1 is 1.11 bits per heavy atom. The predicted molar refractivity (Wildman–Crippen MR) is 131 cm³/mol. The molecule has 8 nitrogen and oxygen atoms in total. The van der Waals surface area contributed by atoms with Crippen molar-refractivity contribution in [3.8, 4) is 5.75 Å². The van der Waals surface area contributed by atoms with Crippen LogP contribution in [0.4, 0.5) is 24.7 Å². The Labute approximate surface area is 209 Å². The smallest absolute Gasteiger partial charge is 0.406 e. The highest BCUT2D eigenvalue weighted by Crippen LogP contribution is 2.28. The second-order valence-corrected chi connectivity index (χ2v) is 8.32. The Bertz CT molecular complexity index is 1340. The van der Waals surface area contributed by atoms with E-state index >= 15 is 0 Å². The molecule has 0 aliphatic heterocycles. The normalized spacial score (nSPS) is 11.4. The number of hydrogen-bond donors (Lipinski definition) is 1. The van der Waals surface area contributed by atoms with Gasteiger partial charge in [-0.15, -0.1) is 13.2 Å². The summed E-state index contributed by atoms with van der Waals surface area (Å²) in [5.74, 6) is -0.406. The molecule has 0 radical (unpaired) electrons. The second kappa shape index (κ2) is 11.4. The van der Waals surface area contributed by atoms with Crippen LogP contribution in [-0.2, 0) is 26.7 Å². The van der Waals surface area contributed by atoms with E-state index in [1.807, 2.05) is 0 Å². The molecule has 0 bridgehead atoms. The van der Waals surface area contributed by atoms with Gasteiger partial charge in [0.05, 0.1) is 0 Å². The van der Waals surface area contributed by atoms with E-state index in [0.29, 0.717) is 10.6 Å². The van der Waals surface area contributed by atoms with Gasteiger partial charge < -0.3 is 14.7 Å². The van der Waals surface area contributed by atoms with Crippen LogP contribution in [0.25, 0.3) is 0 Å². The summed E-state index contributed by atoms with van der Waals surface area (Å²) < 4.78 is 44.4. The standard InChI is InChI=1S/C24H24ClF3N4O4/c1-29-21-20(22(34)32(11-4-12-33)23(35)30(21)2)31(14-16-7-9-18(25)10-8-16)15-17-5-3-6-19(13-17)36-24(26,27)28/h3,5-10,13,33H,1,4,11-12,14-15H2,2H3. The largest absolute Gasteiger partial charge is 0.573 e. The van der Waals surface area contributed by atoms with Crippen molar-refractivity contribution in [2.45, 2.75) is 32.4 Å². The molecule has 0 saturated carbocycles. The summed E-state index contributed by atoms with van der Waals surface area (Å²) in [6.45, 7) is 3.36. The highest BCUT2D eigenvalue weighted by molar-refractivity contribution is 6.30. The molecule has 0 unspecified atom stereocenters. The maximum atomic E-state index is 13.5. The van der Waals surface area contributed by atoms with Crippen molar-refractivity contribution in [3.63, 3.8) is 0 Å². The summed E-state index contributed by atoms with van der Waals surface area (Å²) in [4.78, 5) is 31.8. The minimum atomic E-state index is -4.86. The fraction of sp³-hybridized carbons (Fsp3) is 0.292. The fourth-order valence-electron chi connectivity index (χ4n) is 3.71. The number of anilines is 1. The first kappa shape index (κ1) is 27.0. The van der Waals surface area contributed by atoms with Crippen molar-refractivity contribution >= 4 is 29.8 Å². The fourth-order valence-corrected chi connectivity index (χ4v) is 3.84. The van der Waals surface area contributed by atoms with Crippen molar-refractivity contribution in [1.82, 2.24) is 9.13 Å². The van der Waals surface area contributed by atoms with Crippen LogP contribution in [0, 0.1) is 0 Å². The topological polar surface area (TPSA) is 89.1 Å². The van der Waals surface area contributed by atoms with Gasteiger partial charge in [0.15, 0.2) is 5.82 Å². The van der Waals surface area contributed by atoms with Gasteiger partial charge in [0, 0.05) is 38.3 Å². The van der Waals surface area contributed by atoms with E-state index in [1.54, 1.807) is 35.2 Å². The number of alkyl halides is 3. The van der Waals surface area contributed by atoms with E-state index in [2.05, 4.69) is 16.4 Å². The summed E-state index contributed by atoms with van der Waals surface area (Å²) in [6, 6.07) is 12.2. The van der Waals surface area contributed by atoms with Gasteiger partial charge >= 0.3 is 12.1 Å². The number of aliphatic hydroxyl groups is 1. The number of rotatable bonds is 10. The minimum Gasteiger partial charge on any atom is -0.406 e. The zero-order chi connectivity index (χ0) is 26.5.